The van der Waals surface area contributed by atoms with E-state index < -0.39 is 16.0 Å². The van der Waals surface area contributed by atoms with Crippen molar-refractivity contribution in [1.29, 1.82) is 0 Å². The van der Waals surface area contributed by atoms with E-state index in [1.54, 1.807) is 0 Å². The molecule has 0 atom stereocenters. The highest BCUT2D eigenvalue weighted by molar-refractivity contribution is 7.89. The molecule has 1 aromatic carbocycles. The van der Waals surface area contributed by atoms with Crippen molar-refractivity contribution in [2.24, 2.45) is 11.1 Å². The zero-order valence-corrected chi connectivity index (χ0v) is 10.9. The van der Waals surface area contributed by atoms with Gasteiger partial charge >= 0.3 is 5.97 Å². The van der Waals surface area contributed by atoms with Gasteiger partial charge in [0.15, 0.2) is 0 Å². The summed E-state index contributed by atoms with van der Waals surface area (Å²) in [6.07, 6.45) is 0. The van der Waals surface area contributed by atoms with Gasteiger partial charge in [-0.1, -0.05) is 13.8 Å². The van der Waals surface area contributed by atoms with Crippen molar-refractivity contribution in [2.45, 2.75) is 18.7 Å². The second-order valence-electron chi connectivity index (χ2n) is 4.22. The Morgan fingerprint density at radius 3 is 2.50 bits per heavy atom. The number of rotatable bonds is 5. The Morgan fingerprint density at radius 1 is 1.44 bits per heavy atom. The van der Waals surface area contributed by atoms with Crippen LogP contribution < -0.4 is 9.88 Å². The first kappa shape index (κ1) is 14.5. The fourth-order valence-electron chi connectivity index (χ4n) is 1.24. The Balaban J connectivity index is 3.22. The van der Waals surface area contributed by atoms with Gasteiger partial charge < -0.3 is 9.84 Å². The molecule has 1 aromatic rings. The van der Waals surface area contributed by atoms with Crippen LogP contribution in [-0.4, -0.2) is 26.1 Å². The molecule has 0 heterocycles. The zero-order chi connectivity index (χ0) is 13.9. The topological polar surface area (TPSA) is 107 Å². The summed E-state index contributed by atoms with van der Waals surface area (Å²) in [4.78, 5) is 10.5. The lowest BCUT2D eigenvalue weighted by atomic mass is 10.2. The third-order valence-electron chi connectivity index (χ3n) is 2.07. The van der Waals surface area contributed by atoms with Gasteiger partial charge in [-0.05, 0) is 24.1 Å². The number of benzene rings is 1. The lowest BCUT2D eigenvalue weighted by Gasteiger charge is -2.12. The molecular weight excluding hydrogens is 258 g/mol. The highest BCUT2D eigenvalue weighted by Crippen LogP contribution is 2.24. The molecule has 0 unspecified atom stereocenters. The van der Waals surface area contributed by atoms with Crippen molar-refractivity contribution in [3.05, 3.63) is 23.8 Å². The van der Waals surface area contributed by atoms with E-state index in [-0.39, 0.29) is 22.1 Å². The second kappa shape index (κ2) is 5.36. The number of primary sulfonamides is 1. The smallest absolute Gasteiger partial charge is 0.335 e. The van der Waals surface area contributed by atoms with Gasteiger partial charge in [-0.3, -0.25) is 0 Å². The molecule has 3 N–H and O–H groups in total. The van der Waals surface area contributed by atoms with E-state index in [9.17, 15) is 13.2 Å². The normalized spacial score (nSPS) is 11.6. The molecule has 100 valence electrons. The molecule has 0 spiro atoms. The van der Waals surface area contributed by atoms with E-state index in [1.807, 2.05) is 13.8 Å². The van der Waals surface area contributed by atoms with Crippen LogP contribution >= 0.6 is 0 Å². The predicted octanol–water partition coefficient (Wildman–Crippen LogP) is 1.07. The van der Waals surface area contributed by atoms with E-state index in [0.717, 1.165) is 6.07 Å². The summed E-state index contributed by atoms with van der Waals surface area (Å²) in [6.45, 7) is 4.12. The molecule has 0 fully saturated rings. The summed E-state index contributed by atoms with van der Waals surface area (Å²) < 4.78 is 28.1. The summed E-state index contributed by atoms with van der Waals surface area (Å²) in [5, 5.41) is 13.8. The lowest BCUT2D eigenvalue weighted by Crippen LogP contribution is -2.16. The lowest BCUT2D eigenvalue weighted by molar-refractivity contribution is 0.0696. The number of sulfonamides is 1. The highest BCUT2D eigenvalue weighted by Gasteiger charge is 2.18. The maximum Gasteiger partial charge on any atom is 0.335 e. The Bertz CT molecular complexity index is 551. The largest absolute Gasteiger partial charge is 0.492 e. The number of ether oxygens (including phenoxy) is 1. The molecule has 6 nitrogen and oxygen atoms in total. The van der Waals surface area contributed by atoms with Crippen molar-refractivity contribution in [3.63, 3.8) is 0 Å². The number of carboxylic acid groups (broad SMARTS) is 1. The average Bonchev–Trinajstić information content (AvgIpc) is 2.24. The van der Waals surface area contributed by atoms with Gasteiger partial charge in [-0.25, -0.2) is 18.4 Å². The van der Waals surface area contributed by atoms with Crippen LogP contribution in [0.4, 0.5) is 0 Å². The van der Waals surface area contributed by atoms with Gasteiger partial charge in [-0.15, -0.1) is 0 Å². The first-order valence-electron chi connectivity index (χ1n) is 5.24. The maximum atomic E-state index is 11.4. The minimum atomic E-state index is -4.03. The van der Waals surface area contributed by atoms with Crippen LogP contribution in [0.5, 0.6) is 5.75 Å². The molecule has 1 rings (SSSR count). The van der Waals surface area contributed by atoms with E-state index >= 15 is 0 Å². The van der Waals surface area contributed by atoms with E-state index in [0.29, 0.717) is 6.61 Å². The van der Waals surface area contributed by atoms with E-state index in [1.165, 1.54) is 12.1 Å². The average molecular weight is 273 g/mol. The number of carbonyl (C=O) groups is 1. The third kappa shape index (κ3) is 3.71. The van der Waals surface area contributed by atoms with E-state index in [2.05, 4.69) is 0 Å². The van der Waals surface area contributed by atoms with Gasteiger partial charge in [0.1, 0.15) is 10.6 Å². The fraction of sp³-hybridized carbons (Fsp3) is 0.364. The van der Waals surface area contributed by atoms with Gasteiger partial charge in [-0.2, -0.15) is 0 Å². The summed E-state index contributed by atoms with van der Waals surface area (Å²) >= 11 is 0. The predicted molar refractivity (Wildman–Crippen MR) is 65.1 cm³/mol. The van der Waals surface area contributed by atoms with E-state index in [4.69, 9.17) is 15.0 Å². The second-order valence-corrected chi connectivity index (χ2v) is 5.75. The van der Waals surface area contributed by atoms with Crippen LogP contribution in [0.1, 0.15) is 24.2 Å². The molecule has 0 amide bonds. The van der Waals surface area contributed by atoms with Crippen molar-refractivity contribution in [3.8, 4) is 5.75 Å². The molecule has 0 saturated heterocycles. The molecule has 0 aliphatic carbocycles. The van der Waals surface area contributed by atoms with Gasteiger partial charge in [0.2, 0.25) is 10.0 Å². The van der Waals surface area contributed by atoms with Gasteiger partial charge in [0.25, 0.3) is 0 Å². The minimum absolute atomic E-state index is 0.0659. The number of nitrogens with two attached hydrogens (primary N) is 1. The van der Waals surface area contributed by atoms with Crippen LogP contribution in [-0.2, 0) is 10.0 Å². The van der Waals surface area contributed by atoms with Crippen molar-refractivity contribution >= 4 is 16.0 Å². The molecular formula is C11H15NO5S. The first-order chi connectivity index (χ1) is 8.21. The summed E-state index contributed by atoms with van der Waals surface area (Å²) in [7, 11) is -4.03. The Hall–Kier alpha value is -1.60. The number of carboxylic acids is 1. The molecule has 0 radical (unpaired) electrons. The molecule has 0 bridgehead atoms. The monoisotopic (exact) mass is 273 g/mol. The van der Waals surface area contributed by atoms with Crippen LogP contribution in [0, 0.1) is 5.92 Å². The van der Waals surface area contributed by atoms with Crippen LogP contribution in [0.25, 0.3) is 0 Å². The Morgan fingerprint density at radius 2 is 2.06 bits per heavy atom. The van der Waals surface area contributed by atoms with Gasteiger partial charge in [0.05, 0.1) is 12.2 Å². The fourth-order valence-corrected chi connectivity index (χ4v) is 1.94. The Labute approximate surface area is 105 Å². The highest BCUT2D eigenvalue weighted by atomic mass is 32.2. The molecule has 18 heavy (non-hydrogen) atoms. The maximum absolute atomic E-state index is 11.4. The van der Waals surface area contributed by atoms with Crippen molar-refractivity contribution in [2.75, 3.05) is 6.61 Å². The summed E-state index contributed by atoms with van der Waals surface area (Å²) in [5.41, 5.74) is -0.157. The SMILES string of the molecule is CC(C)COc1ccc(C(=O)O)cc1S(N)(=O)=O. The zero-order valence-electron chi connectivity index (χ0n) is 10.1. The number of hydrogen-bond donors (Lipinski definition) is 2. The quantitative estimate of drug-likeness (QED) is 0.834. The minimum Gasteiger partial charge on any atom is -0.492 e. The first-order valence-corrected chi connectivity index (χ1v) is 6.79. The van der Waals surface area contributed by atoms with Crippen LogP contribution in [0.15, 0.2) is 23.1 Å². The molecule has 7 heteroatoms. The summed E-state index contributed by atoms with van der Waals surface area (Å²) in [5.74, 6) is -0.955. The molecule has 0 aliphatic rings. The number of aromatic carboxylic acids is 1. The number of hydrogen-bond acceptors (Lipinski definition) is 4. The molecule has 0 saturated carbocycles. The Kier molecular flexibility index (Phi) is 4.31. The molecule has 0 aromatic heterocycles. The van der Waals surface area contributed by atoms with Crippen LogP contribution in [0.2, 0.25) is 0 Å². The standard InChI is InChI=1S/C11H15NO5S/c1-7(2)6-17-9-4-3-8(11(13)14)5-10(9)18(12,15)16/h3-5,7H,6H2,1-2H3,(H,13,14)(H2,12,15,16). The van der Waals surface area contributed by atoms with Crippen LogP contribution in [0.3, 0.4) is 0 Å². The molecule has 0 aliphatic heterocycles. The third-order valence-corrected chi connectivity index (χ3v) is 3.00. The van der Waals surface area contributed by atoms with Crippen molar-refractivity contribution < 1.29 is 23.1 Å². The summed E-state index contributed by atoms with van der Waals surface area (Å²) in [6, 6.07) is 3.56. The van der Waals surface area contributed by atoms with Crippen molar-refractivity contribution in [1.82, 2.24) is 0 Å². The van der Waals surface area contributed by atoms with Gasteiger partial charge in [0, 0.05) is 0 Å².